The molecular formula is C20H14Cl2F2N2O3S. The van der Waals surface area contributed by atoms with Gasteiger partial charge in [0.15, 0.2) is 0 Å². The molecular weight excluding hydrogens is 457 g/mol. The number of carbonyl (C=O) groups is 1. The highest BCUT2D eigenvalue weighted by atomic mass is 35.5. The second kappa shape index (κ2) is 9.09. The van der Waals surface area contributed by atoms with Crippen molar-refractivity contribution < 1.29 is 22.0 Å². The number of rotatable bonds is 6. The number of nitrogens with one attached hydrogen (secondary N) is 2. The van der Waals surface area contributed by atoms with Crippen LogP contribution in [0.4, 0.5) is 14.5 Å². The molecule has 0 radical (unpaired) electrons. The van der Waals surface area contributed by atoms with E-state index in [1.807, 2.05) is 0 Å². The molecule has 0 spiro atoms. The molecule has 30 heavy (non-hydrogen) atoms. The van der Waals surface area contributed by atoms with Gasteiger partial charge in [0.1, 0.15) is 11.6 Å². The molecule has 0 aliphatic rings. The Morgan fingerprint density at radius 2 is 1.63 bits per heavy atom. The fraction of sp³-hybridized carbons (Fsp3) is 0.0500. The third kappa shape index (κ3) is 5.34. The van der Waals surface area contributed by atoms with Crippen LogP contribution in [0.3, 0.4) is 0 Å². The molecule has 0 bridgehead atoms. The normalized spacial score (nSPS) is 11.3. The molecule has 3 rings (SSSR count). The van der Waals surface area contributed by atoms with Crippen molar-refractivity contribution >= 4 is 44.8 Å². The first kappa shape index (κ1) is 22.2. The lowest BCUT2D eigenvalue weighted by Crippen LogP contribution is -2.24. The van der Waals surface area contributed by atoms with Crippen LogP contribution in [-0.2, 0) is 16.6 Å². The molecule has 156 valence electrons. The first-order chi connectivity index (χ1) is 14.2. The standard InChI is InChI=1S/C20H14Cl2F2N2O3S/c21-13-3-8-19(17(22)9-13)26-20(27)16-10-15(6-7-18(16)24)30(28,29)25-11-12-1-4-14(23)5-2-12/h1-10,25H,11H2,(H,26,27). The lowest BCUT2D eigenvalue weighted by atomic mass is 10.2. The maximum atomic E-state index is 14.2. The van der Waals surface area contributed by atoms with Gasteiger partial charge in [0.05, 0.1) is 21.2 Å². The maximum absolute atomic E-state index is 14.2. The number of halogens is 4. The Morgan fingerprint density at radius 1 is 0.933 bits per heavy atom. The Hall–Kier alpha value is -2.52. The summed E-state index contributed by atoms with van der Waals surface area (Å²) in [4.78, 5) is 12.2. The predicted octanol–water partition coefficient (Wildman–Crippen LogP) is 5.00. The predicted molar refractivity (Wildman–Crippen MR) is 111 cm³/mol. The van der Waals surface area contributed by atoms with Crippen molar-refractivity contribution in [2.45, 2.75) is 11.4 Å². The Kier molecular flexibility index (Phi) is 6.72. The molecule has 0 heterocycles. The number of sulfonamides is 1. The zero-order chi connectivity index (χ0) is 21.9. The van der Waals surface area contributed by atoms with Crippen molar-refractivity contribution in [3.8, 4) is 0 Å². The number of anilines is 1. The van der Waals surface area contributed by atoms with Crippen molar-refractivity contribution in [1.82, 2.24) is 4.72 Å². The lowest BCUT2D eigenvalue weighted by molar-refractivity contribution is 0.102. The zero-order valence-electron chi connectivity index (χ0n) is 15.1. The van der Waals surface area contributed by atoms with Gasteiger partial charge in [-0.15, -0.1) is 0 Å². The van der Waals surface area contributed by atoms with E-state index in [1.165, 1.54) is 42.5 Å². The molecule has 0 saturated carbocycles. The minimum absolute atomic E-state index is 0.109. The molecule has 0 aliphatic heterocycles. The summed E-state index contributed by atoms with van der Waals surface area (Å²) in [6.07, 6.45) is 0. The van der Waals surface area contributed by atoms with E-state index < -0.39 is 33.1 Å². The third-order valence-corrected chi connectivity index (χ3v) is 6.00. The highest BCUT2D eigenvalue weighted by molar-refractivity contribution is 7.89. The van der Waals surface area contributed by atoms with Crippen molar-refractivity contribution in [3.63, 3.8) is 0 Å². The van der Waals surface area contributed by atoms with Gasteiger partial charge in [-0.25, -0.2) is 21.9 Å². The van der Waals surface area contributed by atoms with Crippen LogP contribution in [0.15, 0.2) is 65.6 Å². The summed E-state index contributed by atoms with van der Waals surface area (Å²) in [6.45, 7) is -0.109. The molecule has 2 N–H and O–H groups in total. The molecule has 10 heteroatoms. The number of hydrogen-bond donors (Lipinski definition) is 2. The number of amides is 1. The van der Waals surface area contributed by atoms with Gasteiger partial charge in [0.25, 0.3) is 5.91 Å². The Morgan fingerprint density at radius 3 is 2.30 bits per heavy atom. The molecule has 0 aliphatic carbocycles. The van der Waals surface area contributed by atoms with Crippen LogP contribution in [0.5, 0.6) is 0 Å². The van der Waals surface area contributed by atoms with Crippen molar-refractivity contribution in [3.05, 3.63) is 93.5 Å². The van der Waals surface area contributed by atoms with Gasteiger partial charge in [-0.1, -0.05) is 35.3 Å². The summed E-state index contributed by atoms with van der Waals surface area (Å²) >= 11 is 11.8. The summed E-state index contributed by atoms with van der Waals surface area (Å²) in [5.74, 6) is -2.24. The fourth-order valence-corrected chi connectivity index (χ4v) is 3.99. The summed E-state index contributed by atoms with van der Waals surface area (Å²) in [5, 5.41) is 2.91. The Labute approximate surface area is 181 Å². The molecule has 3 aromatic carbocycles. The van der Waals surface area contributed by atoms with E-state index in [9.17, 15) is 22.0 Å². The summed E-state index contributed by atoms with van der Waals surface area (Å²) in [5.41, 5.74) is 0.233. The van der Waals surface area contributed by atoms with E-state index in [2.05, 4.69) is 10.0 Å². The van der Waals surface area contributed by atoms with E-state index >= 15 is 0 Å². The first-order valence-corrected chi connectivity index (χ1v) is 10.7. The smallest absolute Gasteiger partial charge is 0.258 e. The monoisotopic (exact) mass is 470 g/mol. The zero-order valence-corrected chi connectivity index (χ0v) is 17.5. The van der Waals surface area contributed by atoms with Crippen molar-refractivity contribution in [2.75, 3.05) is 5.32 Å². The van der Waals surface area contributed by atoms with Crippen molar-refractivity contribution in [1.29, 1.82) is 0 Å². The van der Waals surface area contributed by atoms with E-state index in [-0.39, 0.29) is 22.2 Å². The summed E-state index contributed by atoms with van der Waals surface area (Å²) in [7, 11) is -4.06. The molecule has 5 nitrogen and oxygen atoms in total. The van der Waals surface area contributed by atoms with E-state index in [1.54, 1.807) is 0 Å². The van der Waals surface area contributed by atoms with E-state index in [0.717, 1.165) is 18.2 Å². The van der Waals surface area contributed by atoms with E-state index in [4.69, 9.17) is 23.2 Å². The maximum Gasteiger partial charge on any atom is 0.258 e. The molecule has 0 saturated heterocycles. The lowest BCUT2D eigenvalue weighted by Gasteiger charge is -2.11. The topological polar surface area (TPSA) is 75.3 Å². The summed E-state index contributed by atoms with van der Waals surface area (Å²) < 4.78 is 54.5. The molecule has 0 unspecified atom stereocenters. The van der Waals surface area contributed by atoms with Crippen LogP contribution in [0, 0.1) is 11.6 Å². The van der Waals surface area contributed by atoms with Gasteiger partial charge in [0, 0.05) is 11.6 Å². The van der Waals surface area contributed by atoms with Gasteiger partial charge in [-0.2, -0.15) is 0 Å². The van der Waals surface area contributed by atoms with Crippen LogP contribution < -0.4 is 10.0 Å². The van der Waals surface area contributed by atoms with Crippen LogP contribution in [0.2, 0.25) is 10.0 Å². The second-order valence-corrected chi connectivity index (χ2v) is 8.78. The van der Waals surface area contributed by atoms with Gasteiger partial charge < -0.3 is 5.32 Å². The highest BCUT2D eigenvalue weighted by Crippen LogP contribution is 2.26. The number of carbonyl (C=O) groups excluding carboxylic acids is 1. The van der Waals surface area contributed by atoms with Crippen LogP contribution in [0.1, 0.15) is 15.9 Å². The number of benzene rings is 3. The molecule has 3 aromatic rings. The minimum Gasteiger partial charge on any atom is -0.321 e. The quantitative estimate of drug-likeness (QED) is 0.531. The molecule has 0 atom stereocenters. The SMILES string of the molecule is O=C(Nc1ccc(Cl)cc1Cl)c1cc(S(=O)(=O)NCc2ccc(F)cc2)ccc1F. The number of hydrogen-bond acceptors (Lipinski definition) is 3. The molecule has 0 aromatic heterocycles. The van der Waals surface area contributed by atoms with E-state index in [0.29, 0.717) is 10.6 Å². The van der Waals surface area contributed by atoms with Gasteiger partial charge in [-0.05, 0) is 54.1 Å². The van der Waals surface area contributed by atoms with Gasteiger partial charge in [-0.3, -0.25) is 4.79 Å². The van der Waals surface area contributed by atoms with Crippen LogP contribution in [0.25, 0.3) is 0 Å². The van der Waals surface area contributed by atoms with Crippen LogP contribution >= 0.6 is 23.2 Å². The fourth-order valence-electron chi connectivity index (χ4n) is 2.49. The molecule has 0 fully saturated rings. The van der Waals surface area contributed by atoms with Crippen LogP contribution in [-0.4, -0.2) is 14.3 Å². The average molecular weight is 471 g/mol. The average Bonchev–Trinajstić information content (AvgIpc) is 2.70. The van der Waals surface area contributed by atoms with Crippen molar-refractivity contribution in [2.24, 2.45) is 0 Å². The first-order valence-electron chi connectivity index (χ1n) is 8.46. The Balaban J connectivity index is 1.80. The molecule has 1 amide bonds. The Bertz CT molecular complexity index is 1200. The van der Waals surface area contributed by atoms with Gasteiger partial charge >= 0.3 is 0 Å². The largest absolute Gasteiger partial charge is 0.321 e. The van der Waals surface area contributed by atoms with Gasteiger partial charge in [0.2, 0.25) is 10.0 Å². The second-order valence-electron chi connectivity index (χ2n) is 6.17. The summed E-state index contributed by atoms with van der Waals surface area (Å²) in [6, 6.07) is 12.4. The highest BCUT2D eigenvalue weighted by Gasteiger charge is 2.20. The third-order valence-electron chi connectivity index (χ3n) is 4.05. The minimum atomic E-state index is -4.06.